The molecule has 0 bridgehead atoms. The highest BCUT2D eigenvalue weighted by Crippen LogP contribution is 2.27. The second-order valence-corrected chi connectivity index (χ2v) is 4.95. The lowest BCUT2D eigenvalue weighted by Gasteiger charge is -2.39. The highest BCUT2D eigenvalue weighted by molar-refractivity contribution is 5.73. The van der Waals surface area contributed by atoms with Crippen LogP contribution in [0.5, 0.6) is 0 Å². The van der Waals surface area contributed by atoms with Crippen LogP contribution in [-0.2, 0) is 9.53 Å². The molecule has 16 heavy (non-hydrogen) atoms. The Labute approximate surface area is 96.6 Å². The summed E-state index contributed by atoms with van der Waals surface area (Å²) in [6, 6.07) is 0.0632. The molecule has 0 amide bonds. The molecule has 0 radical (unpaired) electrons. The SMILES string of the molecule is CC(C1CCOC1)N1CCCCC1C(=O)O. The molecule has 2 saturated heterocycles. The van der Waals surface area contributed by atoms with E-state index in [1.54, 1.807) is 0 Å². The molecule has 2 aliphatic heterocycles. The predicted octanol–water partition coefficient (Wildman–Crippen LogP) is 1.35. The van der Waals surface area contributed by atoms with Crippen molar-refractivity contribution in [2.24, 2.45) is 5.92 Å². The Kier molecular flexibility index (Phi) is 3.82. The standard InChI is InChI=1S/C12H21NO3/c1-9(10-5-7-16-8-10)13-6-3-2-4-11(13)12(14)15/h9-11H,2-8H2,1H3,(H,14,15). The molecule has 0 saturated carbocycles. The average molecular weight is 227 g/mol. The summed E-state index contributed by atoms with van der Waals surface area (Å²) in [6.45, 7) is 4.71. The van der Waals surface area contributed by atoms with Crippen molar-refractivity contribution in [3.05, 3.63) is 0 Å². The maximum atomic E-state index is 11.2. The van der Waals surface area contributed by atoms with E-state index in [1.165, 1.54) is 0 Å². The summed E-state index contributed by atoms with van der Waals surface area (Å²) in [7, 11) is 0. The molecule has 2 aliphatic rings. The fourth-order valence-corrected chi connectivity index (χ4v) is 2.91. The Balaban J connectivity index is 2.01. The Morgan fingerprint density at radius 3 is 2.88 bits per heavy atom. The van der Waals surface area contributed by atoms with Crippen LogP contribution in [0.3, 0.4) is 0 Å². The number of carboxylic acids is 1. The van der Waals surface area contributed by atoms with Crippen molar-refractivity contribution >= 4 is 5.97 Å². The normalized spacial score (nSPS) is 33.8. The Bertz CT molecular complexity index is 251. The van der Waals surface area contributed by atoms with Crippen molar-refractivity contribution in [3.63, 3.8) is 0 Å². The zero-order valence-electron chi connectivity index (χ0n) is 9.89. The number of carboxylic acid groups (broad SMARTS) is 1. The van der Waals surface area contributed by atoms with Gasteiger partial charge >= 0.3 is 5.97 Å². The van der Waals surface area contributed by atoms with Crippen molar-refractivity contribution in [1.29, 1.82) is 0 Å². The van der Waals surface area contributed by atoms with Gasteiger partial charge in [-0.3, -0.25) is 9.69 Å². The summed E-state index contributed by atoms with van der Waals surface area (Å²) in [5.41, 5.74) is 0. The fraction of sp³-hybridized carbons (Fsp3) is 0.917. The minimum atomic E-state index is -0.662. The molecule has 2 rings (SSSR count). The summed E-state index contributed by atoms with van der Waals surface area (Å²) in [6.07, 6.45) is 4.04. The van der Waals surface area contributed by atoms with Gasteiger partial charge < -0.3 is 9.84 Å². The van der Waals surface area contributed by atoms with E-state index in [1.807, 2.05) is 0 Å². The molecule has 0 aliphatic carbocycles. The molecule has 0 aromatic rings. The van der Waals surface area contributed by atoms with Gasteiger partial charge in [-0.2, -0.15) is 0 Å². The summed E-state index contributed by atoms with van der Waals surface area (Å²) in [5, 5.41) is 9.23. The van der Waals surface area contributed by atoms with Crippen molar-refractivity contribution in [1.82, 2.24) is 4.90 Å². The molecule has 0 aromatic carbocycles. The number of rotatable bonds is 3. The Hall–Kier alpha value is -0.610. The monoisotopic (exact) mass is 227 g/mol. The summed E-state index contributed by atoms with van der Waals surface area (Å²) < 4.78 is 5.39. The Morgan fingerprint density at radius 2 is 2.25 bits per heavy atom. The van der Waals surface area contributed by atoms with Crippen LogP contribution in [0.1, 0.15) is 32.6 Å². The van der Waals surface area contributed by atoms with Crippen LogP contribution in [0, 0.1) is 5.92 Å². The third kappa shape index (κ3) is 2.38. The lowest BCUT2D eigenvalue weighted by Crippen LogP contribution is -2.51. The number of carbonyl (C=O) groups is 1. The van der Waals surface area contributed by atoms with E-state index in [2.05, 4.69) is 11.8 Å². The van der Waals surface area contributed by atoms with Gasteiger partial charge in [0.05, 0.1) is 6.61 Å². The van der Waals surface area contributed by atoms with Crippen LogP contribution in [0.2, 0.25) is 0 Å². The number of hydrogen-bond acceptors (Lipinski definition) is 3. The lowest BCUT2D eigenvalue weighted by atomic mass is 9.93. The van der Waals surface area contributed by atoms with Gasteiger partial charge in [-0.15, -0.1) is 0 Å². The first-order valence-electron chi connectivity index (χ1n) is 6.26. The van der Waals surface area contributed by atoms with Gasteiger partial charge in [0.25, 0.3) is 0 Å². The molecule has 3 atom stereocenters. The van der Waals surface area contributed by atoms with Gasteiger partial charge in [0.15, 0.2) is 0 Å². The van der Waals surface area contributed by atoms with E-state index >= 15 is 0 Å². The number of hydrogen-bond donors (Lipinski definition) is 1. The third-order valence-electron chi connectivity index (χ3n) is 4.00. The van der Waals surface area contributed by atoms with Crippen LogP contribution >= 0.6 is 0 Å². The molecule has 2 heterocycles. The van der Waals surface area contributed by atoms with Crippen LogP contribution in [0.4, 0.5) is 0 Å². The number of likely N-dealkylation sites (tertiary alicyclic amines) is 1. The number of aliphatic carboxylic acids is 1. The molecule has 4 heteroatoms. The topological polar surface area (TPSA) is 49.8 Å². The molecule has 2 fully saturated rings. The summed E-state index contributed by atoms with van der Waals surface area (Å²) >= 11 is 0. The number of piperidine rings is 1. The summed E-state index contributed by atoms with van der Waals surface area (Å²) in [4.78, 5) is 13.4. The third-order valence-corrected chi connectivity index (χ3v) is 4.00. The first kappa shape index (κ1) is 11.9. The molecule has 0 spiro atoms. The van der Waals surface area contributed by atoms with Crippen LogP contribution in [-0.4, -0.2) is 47.8 Å². The van der Waals surface area contributed by atoms with Crippen molar-refractivity contribution in [3.8, 4) is 0 Å². The minimum absolute atomic E-state index is 0.274. The number of nitrogens with zero attached hydrogens (tertiary/aromatic N) is 1. The second-order valence-electron chi connectivity index (χ2n) is 4.95. The van der Waals surface area contributed by atoms with Crippen LogP contribution in [0.15, 0.2) is 0 Å². The molecular formula is C12H21NO3. The van der Waals surface area contributed by atoms with Crippen LogP contribution < -0.4 is 0 Å². The van der Waals surface area contributed by atoms with Gasteiger partial charge in [-0.1, -0.05) is 6.42 Å². The molecular weight excluding hydrogens is 206 g/mol. The van der Waals surface area contributed by atoms with Gasteiger partial charge in [-0.05, 0) is 38.6 Å². The summed E-state index contributed by atoms with van der Waals surface area (Å²) in [5.74, 6) is -0.148. The van der Waals surface area contributed by atoms with Crippen LogP contribution in [0.25, 0.3) is 0 Å². The smallest absolute Gasteiger partial charge is 0.320 e. The maximum absolute atomic E-state index is 11.2. The van der Waals surface area contributed by atoms with E-state index in [4.69, 9.17) is 4.74 Å². The quantitative estimate of drug-likeness (QED) is 0.790. The first-order chi connectivity index (χ1) is 7.70. The van der Waals surface area contributed by atoms with Crippen molar-refractivity contribution in [2.75, 3.05) is 19.8 Å². The van der Waals surface area contributed by atoms with Gasteiger partial charge in [0.2, 0.25) is 0 Å². The van der Waals surface area contributed by atoms with Crippen molar-refractivity contribution < 1.29 is 14.6 Å². The predicted molar refractivity (Wildman–Crippen MR) is 60.4 cm³/mol. The minimum Gasteiger partial charge on any atom is -0.480 e. The van der Waals surface area contributed by atoms with E-state index in [9.17, 15) is 9.90 Å². The average Bonchev–Trinajstić information content (AvgIpc) is 2.81. The molecule has 1 N–H and O–H groups in total. The zero-order valence-corrected chi connectivity index (χ0v) is 9.89. The van der Waals surface area contributed by atoms with E-state index in [0.29, 0.717) is 12.0 Å². The molecule has 0 aromatic heterocycles. The molecule has 92 valence electrons. The number of ether oxygens (including phenoxy) is 1. The molecule has 3 unspecified atom stereocenters. The van der Waals surface area contributed by atoms with E-state index < -0.39 is 5.97 Å². The maximum Gasteiger partial charge on any atom is 0.320 e. The van der Waals surface area contributed by atoms with E-state index in [-0.39, 0.29) is 6.04 Å². The first-order valence-corrected chi connectivity index (χ1v) is 6.26. The zero-order chi connectivity index (χ0) is 11.5. The van der Waals surface area contributed by atoms with Gasteiger partial charge in [0.1, 0.15) is 6.04 Å². The Morgan fingerprint density at radius 1 is 1.44 bits per heavy atom. The van der Waals surface area contributed by atoms with Crippen molar-refractivity contribution in [2.45, 2.75) is 44.7 Å². The molecule has 4 nitrogen and oxygen atoms in total. The van der Waals surface area contributed by atoms with E-state index in [0.717, 1.165) is 45.4 Å². The second kappa shape index (κ2) is 5.15. The van der Waals surface area contributed by atoms with Gasteiger partial charge in [-0.25, -0.2) is 0 Å². The lowest BCUT2D eigenvalue weighted by molar-refractivity contribution is -0.146. The highest BCUT2D eigenvalue weighted by atomic mass is 16.5. The van der Waals surface area contributed by atoms with Gasteiger partial charge in [0, 0.05) is 12.6 Å². The largest absolute Gasteiger partial charge is 0.480 e. The fourth-order valence-electron chi connectivity index (χ4n) is 2.91. The highest BCUT2D eigenvalue weighted by Gasteiger charge is 2.35.